The Kier molecular flexibility index (Phi) is 5.23. The maximum atomic E-state index is 11.5. The molecule has 0 aliphatic rings. The number of carbonyl (C=O) groups is 1. The molecule has 0 aliphatic carbocycles. The standard InChI is InChI=1S/C17H18ClNO2/c1-2-3-11-19(14-7-5-4-6-8-14)16-10-9-13(18)12-15(16)17(20)21/h4-10,12H,2-3,11H2,1H3,(H,20,21). The van der Waals surface area contributed by atoms with E-state index in [-0.39, 0.29) is 5.56 Å². The summed E-state index contributed by atoms with van der Waals surface area (Å²) in [5.74, 6) is -0.968. The third kappa shape index (κ3) is 3.76. The molecular formula is C17H18ClNO2. The lowest BCUT2D eigenvalue weighted by molar-refractivity contribution is 0.0697. The van der Waals surface area contributed by atoms with E-state index in [1.165, 1.54) is 6.07 Å². The molecule has 2 aromatic rings. The molecule has 2 aromatic carbocycles. The molecule has 4 heteroatoms. The van der Waals surface area contributed by atoms with Crippen LogP contribution in [0.1, 0.15) is 30.1 Å². The number of carboxylic acid groups (broad SMARTS) is 1. The normalized spacial score (nSPS) is 10.4. The number of hydrogen-bond donors (Lipinski definition) is 1. The first-order valence-electron chi connectivity index (χ1n) is 6.99. The molecular weight excluding hydrogens is 286 g/mol. The van der Waals surface area contributed by atoms with Crippen molar-refractivity contribution in [2.75, 3.05) is 11.4 Å². The van der Waals surface area contributed by atoms with Gasteiger partial charge in [-0.3, -0.25) is 0 Å². The van der Waals surface area contributed by atoms with Crippen LogP contribution in [-0.2, 0) is 0 Å². The molecule has 3 nitrogen and oxygen atoms in total. The van der Waals surface area contributed by atoms with Crippen LogP contribution < -0.4 is 4.90 Å². The van der Waals surface area contributed by atoms with E-state index in [2.05, 4.69) is 6.92 Å². The third-order valence-corrected chi connectivity index (χ3v) is 3.52. The van der Waals surface area contributed by atoms with Gasteiger partial charge >= 0.3 is 5.97 Å². The summed E-state index contributed by atoms with van der Waals surface area (Å²) >= 11 is 5.93. The monoisotopic (exact) mass is 303 g/mol. The van der Waals surface area contributed by atoms with Crippen LogP contribution in [0.15, 0.2) is 48.5 Å². The summed E-state index contributed by atoms with van der Waals surface area (Å²) in [7, 11) is 0. The largest absolute Gasteiger partial charge is 0.478 e. The molecule has 1 N–H and O–H groups in total. The topological polar surface area (TPSA) is 40.5 Å². The van der Waals surface area contributed by atoms with E-state index in [4.69, 9.17) is 11.6 Å². The van der Waals surface area contributed by atoms with E-state index in [0.29, 0.717) is 10.7 Å². The summed E-state index contributed by atoms with van der Waals surface area (Å²) in [6.07, 6.45) is 2.02. The summed E-state index contributed by atoms with van der Waals surface area (Å²) in [5, 5.41) is 9.86. The molecule has 0 spiro atoms. The average Bonchev–Trinajstić information content (AvgIpc) is 2.49. The quantitative estimate of drug-likeness (QED) is 0.818. The Balaban J connectivity index is 2.48. The highest BCUT2D eigenvalue weighted by atomic mass is 35.5. The number of aromatic carboxylic acids is 1. The average molecular weight is 304 g/mol. The SMILES string of the molecule is CCCCN(c1ccccc1)c1ccc(Cl)cc1C(=O)O. The zero-order valence-electron chi connectivity index (χ0n) is 11.9. The van der Waals surface area contributed by atoms with E-state index in [0.717, 1.165) is 25.1 Å². The van der Waals surface area contributed by atoms with Crippen molar-refractivity contribution in [1.82, 2.24) is 0 Å². The number of para-hydroxylation sites is 1. The van der Waals surface area contributed by atoms with Crippen molar-refractivity contribution >= 4 is 28.9 Å². The molecule has 0 saturated heterocycles. The van der Waals surface area contributed by atoms with Gasteiger partial charge in [0, 0.05) is 17.3 Å². The van der Waals surface area contributed by atoms with Gasteiger partial charge in [0.15, 0.2) is 0 Å². The molecule has 0 bridgehead atoms. The molecule has 0 aliphatic heterocycles. The van der Waals surface area contributed by atoms with Crippen LogP contribution in [0, 0.1) is 0 Å². The van der Waals surface area contributed by atoms with Crippen LogP contribution in [0.2, 0.25) is 5.02 Å². The second kappa shape index (κ2) is 7.14. The van der Waals surface area contributed by atoms with E-state index >= 15 is 0 Å². The van der Waals surface area contributed by atoms with Crippen molar-refractivity contribution in [2.24, 2.45) is 0 Å². The van der Waals surface area contributed by atoms with Crippen LogP contribution >= 0.6 is 11.6 Å². The lowest BCUT2D eigenvalue weighted by Gasteiger charge is -2.26. The fourth-order valence-electron chi connectivity index (χ4n) is 2.23. The Labute approximate surface area is 129 Å². The Morgan fingerprint density at radius 3 is 2.52 bits per heavy atom. The van der Waals surface area contributed by atoms with E-state index in [1.54, 1.807) is 12.1 Å². The first-order valence-corrected chi connectivity index (χ1v) is 7.36. The fraction of sp³-hybridized carbons (Fsp3) is 0.235. The Morgan fingerprint density at radius 2 is 1.90 bits per heavy atom. The van der Waals surface area contributed by atoms with E-state index in [9.17, 15) is 9.90 Å². The number of halogens is 1. The zero-order valence-corrected chi connectivity index (χ0v) is 12.7. The van der Waals surface area contributed by atoms with E-state index < -0.39 is 5.97 Å². The van der Waals surface area contributed by atoms with Gasteiger partial charge in [0.25, 0.3) is 0 Å². The van der Waals surface area contributed by atoms with Gasteiger partial charge in [-0.05, 0) is 36.8 Å². The van der Waals surface area contributed by atoms with Crippen LogP contribution in [0.25, 0.3) is 0 Å². The summed E-state index contributed by atoms with van der Waals surface area (Å²) in [6.45, 7) is 2.88. The van der Waals surface area contributed by atoms with Gasteiger partial charge < -0.3 is 10.0 Å². The minimum absolute atomic E-state index is 0.224. The minimum Gasteiger partial charge on any atom is -0.478 e. The van der Waals surface area contributed by atoms with Crippen LogP contribution in [0.3, 0.4) is 0 Å². The van der Waals surface area contributed by atoms with Crippen molar-refractivity contribution < 1.29 is 9.90 Å². The molecule has 0 aromatic heterocycles. The molecule has 2 rings (SSSR count). The molecule has 0 amide bonds. The molecule has 0 fully saturated rings. The maximum absolute atomic E-state index is 11.5. The van der Waals surface area contributed by atoms with Gasteiger partial charge in [-0.2, -0.15) is 0 Å². The number of anilines is 2. The van der Waals surface area contributed by atoms with Crippen molar-refractivity contribution in [1.29, 1.82) is 0 Å². The predicted molar refractivity (Wildman–Crippen MR) is 86.8 cm³/mol. The Hall–Kier alpha value is -2.00. The Morgan fingerprint density at radius 1 is 1.19 bits per heavy atom. The summed E-state index contributed by atoms with van der Waals surface area (Å²) in [6, 6.07) is 14.8. The highest BCUT2D eigenvalue weighted by Crippen LogP contribution is 2.31. The van der Waals surface area contributed by atoms with Crippen molar-refractivity contribution in [2.45, 2.75) is 19.8 Å². The number of benzene rings is 2. The van der Waals surface area contributed by atoms with Crippen molar-refractivity contribution in [3.05, 3.63) is 59.1 Å². The van der Waals surface area contributed by atoms with Gasteiger partial charge in [-0.15, -0.1) is 0 Å². The molecule has 0 heterocycles. The van der Waals surface area contributed by atoms with Crippen LogP contribution in [0.4, 0.5) is 11.4 Å². The van der Waals surface area contributed by atoms with Gasteiger partial charge in [-0.1, -0.05) is 43.1 Å². The smallest absolute Gasteiger partial charge is 0.337 e. The number of rotatable bonds is 6. The molecule has 110 valence electrons. The lowest BCUT2D eigenvalue weighted by Crippen LogP contribution is -2.21. The summed E-state index contributed by atoms with van der Waals surface area (Å²) in [5.41, 5.74) is 1.88. The Bertz CT molecular complexity index is 613. The number of hydrogen-bond acceptors (Lipinski definition) is 2. The maximum Gasteiger partial charge on any atom is 0.337 e. The van der Waals surface area contributed by atoms with Crippen molar-refractivity contribution in [3.63, 3.8) is 0 Å². The third-order valence-electron chi connectivity index (χ3n) is 3.28. The highest BCUT2D eigenvalue weighted by Gasteiger charge is 2.17. The zero-order chi connectivity index (χ0) is 15.2. The number of unbranched alkanes of at least 4 members (excludes halogenated alkanes) is 1. The van der Waals surface area contributed by atoms with Crippen LogP contribution in [0.5, 0.6) is 0 Å². The van der Waals surface area contributed by atoms with Gasteiger partial charge in [0.2, 0.25) is 0 Å². The first-order chi connectivity index (χ1) is 10.1. The lowest BCUT2D eigenvalue weighted by atomic mass is 10.1. The number of nitrogens with zero attached hydrogens (tertiary/aromatic N) is 1. The van der Waals surface area contributed by atoms with Gasteiger partial charge in [0.1, 0.15) is 0 Å². The molecule has 0 atom stereocenters. The first kappa shape index (κ1) is 15.4. The summed E-state index contributed by atoms with van der Waals surface area (Å²) in [4.78, 5) is 13.5. The highest BCUT2D eigenvalue weighted by molar-refractivity contribution is 6.31. The summed E-state index contributed by atoms with van der Waals surface area (Å²) < 4.78 is 0. The second-order valence-corrected chi connectivity index (χ2v) is 5.24. The number of carboxylic acids is 1. The molecule has 0 saturated carbocycles. The van der Waals surface area contributed by atoms with Crippen LogP contribution in [-0.4, -0.2) is 17.6 Å². The second-order valence-electron chi connectivity index (χ2n) is 4.81. The van der Waals surface area contributed by atoms with Crippen molar-refractivity contribution in [3.8, 4) is 0 Å². The predicted octanol–water partition coefficient (Wildman–Crippen LogP) is 4.98. The molecule has 21 heavy (non-hydrogen) atoms. The van der Waals surface area contributed by atoms with Gasteiger partial charge in [0.05, 0.1) is 11.3 Å². The molecule has 0 radical (unpaired) electrons. The minimum atomic E-state index is -0.968. The molecule has 0 unspecified atom stereocenters. The van der Waals surface area contributed by atoms with E-state index in [1.807, 2.05) is 35.2 Å². The van der Waals surface area contributed by atoms with Gasteiger partial charge in [-0.25, -0.2) is 4.79 Å². The fourth-order valence-corrected chi connectivity index (χ4v) is 2.40.